The third kappa shape index (κ3) is 2.44. The molecule has 4 rings (SSSR count). The first kappa shape index (κ1) is 16.8. The van der Waals surface area contributed by atoms with Crippen LogP contribution in [0.4, 0.5) is 10.1 Å². The van der Waals surface area contributed by atoms with Crippen molar-refractivity contribution in [3.8, 4) is 5.75 Å². The summed E-state index contributed by atoms with van der Waals surface area (Å²) in [5.41, 5.74) is 0.475. The Bertz CT molecular complexity index is 963. The number of halogens is 1. The van der Waals surface area contributed by atoms with E-state index in [1.54, 1.807) is 16.7 Å². The maximum atomic E-state index is 15.0. The second-order valence-electron chi connectivity index (χ2n) is 6.93. The molecule has 1 aromatic heterocycles. The van der Waals surface area contributed by atoms with E-state index >= 15 is 4.39 Å². The van der Waals surface area contributed by atoms with Gasteiger partial charge in [-0.2, -0.15) is 0 Å². The molecule has 1 aromatic carbocycles. The maximum Gasteiger partial charge on any atom is 0.200 e. The Kier molecular flexibility index (Phi) is 3.87. The predicted octanol–water partition coefficient (Wildman–Crippen LogP) is 1.01. The summed E-state index contributed by atoms with van der Waals surface area (Å²) in [5, 5.41) is 1.90. The highest BCUT2D eigenvalue weighted by molar-refractivity contribution is 6.00. The average Bonchev–Trinajstić information content (AvgIpc) is 2.60. The number of rotatable bonds is 2. The van der Waals surface area contributed by atoms with Crippen LogP contribution in [0.2, 0.25) is 0 Å². The topological polar surface area (TPSA) is 58.0 Å². The van der Waals surface area contributed by atoms with Crippen LogP contribution >= 0.6 is 0 Å². The van der Waals surface area contributed by atoms with E-state index in [9.17, 15) is 9.59 Å². The lowest BCUT2D eigenvalue weighted by molar-refractivity contribution is 0.101. The van der Waals surface area contributed by atoms with E-state index in [1.165, 1.54) is 19.2 Å². The summed E-state index contributed by atoms with van der Waals surface area (Å²) in [6, 6.07) is 1.24. The van der Waals surface area contributed by atoms with Gasteiger partial charge in [0.15, 0.2) is 24.1 Å². The summed E-state index contributed by atoms with van der Waals surface area (Å²) in [4.78, 5) is 28.7. The number of likely N-dealkylation sites (N-methyl/N-ethyl adjacent to an activating group) is 1. The molecular formula is C18H21FN4O3. The molecule has 1 saturated heterocycles. The van der Waals surface area contributed by atoms with Gasteiger partial charge in [-0.25, -0.2) is 4.39 Å². The standard InChI is InChI=1S/C18H21FN4O3/c1-11(24)13-9-23-15-12(17(13)25)8-14(19)16(18(15)26-10-21(23)3)22-6-4-20(2)5-7-22/h8-9H,4-7,10H2,1-3H3. The molecule has 0 aliphatic carbocycles. The molecule has 0 spiro atoms. The highest BCUT2D eigenvalue weighted by Gasteiger charge is 2.29. The number of Topliss-reactive ketones (excluding diaryl/α,β-unsaturated/α-hetero) is 1. The normalized spacial score (nSPS) is 17.5. The smallest absolute Gasteiger partial charge is 0.200 e. The number of carbonyl (C=O) groups is 1. The number of nitrogens with zero attached hydrogens (tertiary/aromatic N) is 4. The number of hydrogen-bond donors (Lipinski definition) is 0. The first-order valence-corrected chi connectivity index (χ1v) is 8.59. The molecule has 3 heterocycles. The SMILES string of the molecule is CC(=O)c1cn2c3c(c(N4CCN(C)CC4)c(F)cc3c1=O)OCN2C. The van der Waals surface area contributed by atoms with E-state index in [2.05, 4.69) is 4.90 Å². The van der Waals surface area contributed by atoms with E-state index in [0.717, 1.165) is 13.1 Å². The van der Waals surface area contributed by atoms with Gasteiger partial charge in [-0.1, -0.05) is 0 Å². The number of benzene rings is 1. The number of piperazine rings is 1. The van der Waals surface area contributed by atoms with E-state index in [-0.39, 0.29) is 23.5 Å². The largest absolute Gasteiger partial charge is 0.467 e. The summed E-state index contributed by atoms with van der Waals surface area (Å²) in [7, 11) is 3.82. The van der Waals surface area contributed by atoms with Gasteiger partial charge in [0.05, 0.1) is 10.9 Å². The molecule has 2 aliphatic rings. The summed E-state index contributed by atoms with van der Waals surface area (Å²) in [6.07, 6.45) is 1.52. The Balaban J connectivity index is 2.00. The second-order valence-corrected chi connectivity index (χ2v) is 6.93. The zero-order valence-electron chi connectivity index (χ0n) is 15.1. The van der Waals surface area contributed by atoms with Crippen molar-refractivity contribution in [2.24, 2.45) is 0 Å². The molecule has 1 fully saturated rings. The molecule has 2 aliphatic heterocycles. The highest BCUT2D eigenvalue weighted by atomic mass is 19.1. The summed E-state index contributed by atoms with van der Waals surface area (Å²) < 4.78 is 22.6. The van der Waals surface area contributed by atoms with E-state index in [4.69, 9.17) is 4.74 Å². The molecule has 8 heteroatoms. The summed E-state index contributed by atoms with van der Waals surface area (Å²) in [6.45, 7) is 4.55. The number of carbonyl (C=O) groups excluding carboxylic acids is 1. The quantitative estimate of drug-likeness (QED) is 0.745. The third-order valence-electron chi connectivity index (χ3n) is 5.11. The Morgan fingerprint density at radius 3 is 2.54 bits per heavy atom. The zero-order valence-corrected chi connectivity index (χ0v) is 15.1. The minimum absolute atomic E-state index is 0.0453. The monoisotopic (exact) mass is 360 g/mol. The van der Waals surface area contributed by atoms with Crippen molar-refractivity contribution in [2.75, 3.05) is 56.9 Å². The van der Waals surface area contributed by atoms with E-state index in [0.29, 0.717) is 30.0 Å². The molecule has 138 valence electrons. The highest BCUT2D eigenvalue weighted by Crippen LogP contribution is 2.40. The van der Waals surface area contributed by atoms with E-state index in [1.807, 2.05) is 11.9 Å². The molecule has 0 radical (unpaired) electrons. The molecule has 0 atom stereocenters. The second kappa shape index (κ2) is 5.98. The Morgan fingerprint density at radius 2 is 1.88 bits per heavy atom. The van der Waals surface area contributed by atoms with Crippen molar-refractivity contribution in [1.29, 1.82) is 0 Å². The van der Waals surface area contributed by atoms with Crippen molar-refractivity contribution in [1.82, 2.24) is 9.58 Å². The molecular weight excluding hydrogens is 339 g/mol. The Morgan fingerprint density at radius 1 is 1.19 bits per heavy atom. The van der Waals surface area contributed by atoms with Crippen molar-refractivity contribution >= 4 is 22.4 Å². The molecule has 26 heavy (non-hydrogen) atoms. The van der Waals surface area contributed by atoms with Crippen LogP contribution in [-0.2, 0) is 0 Å². The molecule has 0 amide bonds. The fourth-order valence-electron chi connectivity index (χ4n) is 3.60. The Labute approximate surface area is 150 Å². The van der Waals surface area contributed by atoms with Crippen LogP contribution in [0, 0.1) is 5.82 Å². The van der Waals surface area contributed by atoms with Gasteiger partial charge in [0.2, 0.25) is 5.43 Å². The van der Waals surface area contributed by atoms with Crippen LogP contribution in [-0.4, -0.2) is 62.4 Å². The van der Waals surface area contributed by atoms with Crippen LogP contribution < -0.4 is 20.1 Å². The summed E-state index contributed by atoms with van der Waals surface area (Å²) in [5.74, 6) is -0.466. The van der Waals surface area contributed by atoms with Crippen molar-refractivity contribution in [3.63, 3.8) is 0 Å². The number of hydrogen-bond acceptors (Lipinski definition) is 6. The average molecular weight is 360 g/mol. The molecule has 0 saturated carbocycles. The molecule has 0 N–H and O–H groups in total. The minimum atomic E-state index is -0.494. The summed E-state index contributed by atoms with van der Waals surface area (Å²) >= 11 is 0. The maximum absolute atomic E-state index is 15.0. The van der Waals surface area contributed by atoms with Gasteiger partial charge >= 0.3 is 0 Å². The lowest BCUT2D eigenvalue weighted by Gasteiger charge is -2.37. The van der Waals surface area contributed by atoms with Crippen LogP contribution in [0.5, 0.6) is 5.75 Å². The fourth-order valence-corrected chi connectivity index (χ4v) is 3.60. The van der Waals surface area contributed by atoms with E-state index < -0.39 is 11.2 Å². The van der Waals surface area contributed by atoms with Gasteiger partial charge in [0.25, 0.3) is 0 Å². The molecule has 0 unspecified atom stereocenters. The number of ether oxygens (including phenoxy) is 1. The van der Waals surface area contributed by atoms with Crippen LogP contribution in [0.1, 0.15) is 17.3 Å². The fraction of sp³-hybridized carbons (Fsp3) is 0.444. The van der Waals surface area contributed by atoms with Crippen molar-refractivity contribution in [2.45, 2.75) is 6.92 Å². The molecule has 2 aromatic rings. The number of pyridine rings is 1. The first-order valence-electron chi connectivity index (χ1n) is 8.59. The third-order valence-corrected chi connectivity index (χ3v) is 5.11. The lowest BCUT2D eigenvalue weighted by Crippen LogP contribution is -2.46. The van der Waals surface area contributed by atoms with Gasteiger partial charge in [-0.15, -0.1) is 0 Å². The predicted molar refractivity (Wildman–Crippen MR) is 97.5 cm³/mol. The van der Waals surface area contributed by atoms with Crippen LogP contribution in [0.25, 0.3) is 10.9 Å². The zero-order chi connectivity index (χ0) is 18.6. The lowest BCUT2D eigenvalue weighted by atomic mass is 10.1. The Hall–Kier alpha value is -2.61. The van der Waals surface area contributed by atoms with Crippen molar-refractivity contribution in [3.05, 3.63) is 33.9 Å². The van der Waals surface area contributed by atoms with Crippen LogP contribution in [0.15, 0.2) is 17.1 Å². The van der Waals surface area contributed by atoms with Gasteiger partial charge in [0, 0.05) is 39.4 Å². The molecule has 0 bridgehead atoms. The van der Waals surface area contributed by atoms with Gasteiger partial charge < -0.3 is 14.5 Å². The van der Waals surface area contributed by atoms with Crippen LogP contribution in [0.3, 0.4) is 0 Å². The van der Waals surface area contributed by atoms with Crippen molar-refractivity contribution < 1.29 is 13.9 Å². The number of anilines is 1. The van der Waals surface area contributed by atoms with Gasteiger partial charge in [-0.05, 0) is 20.0 Å². The number of ketones is 1. The number of aromatic nitrogens is 1. The van der Waals surface area contributed by atoms with Gasteiger partial charge in [0.1, 0.15) is 11.2 Å². The first-order chi connectivity index (χ1) is 12.4. The molecule has 7 nitrogen and oxygen atoms in total. The minimum Gasteiger partial charge on any atom is -0.467 e. The van der Waals surface area contributed by atoms with Gasteiger partial charge in [-0.3, -0.25) is 19.3 Å².